The fourth-order valence-corrected chi connectivity index (χ4v) is 3.29. The Morgan fingerprint density at radius 1 is 1.25 bits per heavy atom. The van der Waals surface area contributed by atoms with Gasteiger partial charge in [0, 0.05) is 43.8 Å². The van der Waals surface area contributed by atoms with Crippen LogP contribution in [0.15, 0.2) is 48.8 Å². The smallest absolute Gasteiger partial charge is 0.313 e. The van der Waals surface area contributed by atoms with Crippen LogP contribution in [0.5, 0.6) is 0 Å². The summed E-state index contributed by atoms with van der Waals surface area (Å²) in [5.74, 6) is -1.58. The molecule has 1 atom stereocenters. The number of rotatable bonds is 6. The number of hydrogen-bond donors (Lipinski definition) is 2. The number of aromatic nitrogens is 1. The molecule has 3 rings (SSSR count). The third kappa shape index (κ3) is 4.01. The maximum Gasteiger partial charge on any atom is 0.313 e. The standard InChI is InChI=1S/C20H21N3O5/c1-28-13-20(19(26)27)7-9-23(12-20)18(25)14-4-2-6-16(10-14)22-17(24)15-5-3-8-21-11-15/h2-6,8,10-11H,7,9,12-13H2,1H3,(H,22,24)(H,26,27). The molecular weight excluding hydrogens is 362 g/mol. The van der Waals surface area contributed by atoms with Gasteiger partial charge in [0.1, 0.15) is 5.41 Å². The van der Waals surface area contributed by atoms with E-state index in [0.717, 1.165) is 0 Å². The number of methoxy groups -OCH3 is 1. The molecule has 2 heterocycles. The molecule has 1 aliphatic heterocycles. The Kier molecular flexibility index (Phi) is 5.70. The number of benzene rings is 1. The Morgan fingerprint density at radius 2 is 2.04 bits per heavy atom. The first-order chi connectivity index (χ1) is 13.4. The largest absolute Gasteiger partial charge is 0.481 e. The van der Waals surface area contributed by atoms with E-state index in [0.29, 0.717) is 29.8 Å². The lowest BCUT2D eigenvalue weighted by molar-refractivity contribution is -0.151. The molecule has 2 N–H and O–H groups in total. The lowest BCUT2D eigenvalue weighted by Gasteiger charge is -2.24. The van der Waals surface area contributed by atoms with Crippen LogP contribution in [0.4, 0.5) is 5.69 Å². The third-order valence-corrected chi connectivity index (χ3v) is 4.81. The van der Waals surface area contributed by atoms with Crippen LogP contribution in [0.2, 0.25) is 0 Å². The number of anilines is 1. The van der Waals surface area contributed by atoms with Gasteiger partial charge in [-0.15, -0.1) is 0 Å². The second kappa shape index (κ2) is 8.18. The van der Waals surface area contributed by atoms with Crippen molar-refractivity contribution in [3.63, 3.8) is 0 Å². The van der Waals surface area contributed by atoms with Crippen molar-refractivity contribution in [3.05, 3.63) is 59.9 Å². The minimum Gasteiger partial charge on any atom is -0.481 e. The summed E-state index contributed by atoms with van der Waals surface area (Å²) < 4.78 is 5.06. The minimum absolute atomic E-state index is 0.0489. The monoisotopic (exact) mass is 383 g/mol. The van der Waals surface area contributed by atoms with Gasteiger partial charge in [0.25, 0.3) is 11.8 Å². The lowest BCUT2D eigenvalue weighted by atomic mass is 9.88. The summed E-state index contributed by atoms with van der Waals surface area (Å²) >= 11 is 0. The summed E-state index contributed by atoms with van der Waals surface area (Å²) in [6.07, 6.45) is 3.36. The normalized spacial score (nSPS) is 18.7. The molecule has 0 bridgehead atoms. The Labute approximate surface area is 162 Å². The fraction of sp³-hybridized carbons (Fsp3) is 0.300. The molecule has 1 fully saturated rings. The Bertz CT molecular complexity index is 886. The number of nitrogens with zero attached hydrogens (tertiary/aromatic N) is 2. The van der Waals surface area contributed by atoms with E-state index in [9.17, 15) is 19.5 Å². The number of amides is 2. The summed E-state index contributed by atoms with van der Waals surface area (Å²) in [6, 6.07) is 9.87. The molecule has 1 aromatic carbocycles. The maximum atomic E-state index is 12.8. The molecule has 2 amide bonds. The van der Waals surface area contributed by atoms with E-state index in [1.165, 1.54) is 18.2 Å². The van der Waals surface area contributed by atoms with Crippen molar-refractivity contribution in [2.45, 2.75) is 6.42 Å². The van der Waals surface area contributed by atoms with Gasteiger partial charge in [-0.05, 0) is 36.8 Å². The highest BCUT2D eigenvalue weighted by atomic mass is 16.5. The van der Waals surface area contributed by atoms with Crippen molar-refractivity contribution < 1.29 is 24.2 Å². The molecule has 2 aromatic rings. The van der Waals surface area contributed by atoms with E-state index in [1.54, 1.807) is 42.6 Å². The molecule has 8 nitrogen and oxygen atoms in total. The van der Waals surface area contributed by atoms with E-state index >= 15 is 0 Å². The molecule has 0 saturated carbocycles. The van der Waals surface area contributed by atoms with Crippen molar-refractivity contribution in [2.75, 3.05) is 32.1 Å². The summed E-state index contributed by atoms with van der Waals surface area (Å²) in [4.78, 5) is 42.2. The number of nitrogens with one attached hydrogen (secondary N) is 1. The second-order valence-corrected chi connectivity index (χ2v) is 6.77. The molecule has 1 unspecified atom stereocenters. The van der Waals surface area contributed by atoms with Crippen LogP contribution in [-0.2, 0) is 9.53 Å². The highest BCUT2D eigenvalue weighted by Crippen LogP contribution is 2.32. The molecule has 146 valence electrons. The van der Waals surface area contributed by atoms with Crippen LogP contribution >= 0.6 is 0 Å². The molecule has 1 saturated heterocycles. The van der Waals surface area contributed by atoms with Gasteiger partial charge in [0.15, 0.2) is 0 Å². The van der Waals surface area contributed by atoms with Crippen LogP contribution < -0.4 is 5.32 Å². The summed E-state index contributed by atoms with van der Waals surface area (Å²) in [5, 5.41) is 12.3. The quantitative estimate of drug-likeness (QED) is 0.789. The number of likely N-dealkylation sites (tertiary alicyclic amines) is 1. The molecule has 28 heavy (non-hydrogen) atoms. The third-order valence-electron chi connectivity index (χ3n) is 4.81. The van der Waals surface area contributed by atoms with Crippen LogP contribution in [0.1, 0.15) is 27.1 Å². The zero-order valence-corrected chi connectivity index (χ0v) is 15.4. The number of carbonyl (C=O) groups excluding carboxylic acids is 2. The molecule has 1 aromatic heterocycles. The van der Waals surface area contributed by atoms with Crippen molar-refractivity contribution in [2.24, 2.45) is 5.41 Å². The second-order valence-electron chi connectivity index (χ2n) is 6.77. The lowest BCUT2D eigenvalue weighted by Crippen LogP contribution is -2.40. The van der Waals surface area contributed by atoms with Crippen LogP contribution in [0.3, 0.4) is 0 Å². The predicted octanol–water partition coefficient (Wildman–Crippen LogP) is 1.90. The fourth-order valence-electron chi connectivity index (χ4n) is 3.29. The van der Waals surface area contributed by atoms with Gasteiger partial charge in [-0.1, -0.05) is 6.07 Å². The summed E-state index contributed by atoms with van der Waals surface area (Å²) in [6.45, 7) is 0.468. The van der Waals surface area contributed by atoms with Gasteiger partial charge >= 0.3 is 5.97 Å². The molecule has 0 aliphatic carbocycles. The summed E-state index contributed by atoms with van der Waals surface area (Å²) in [7, 11) is 1.45. The number of aliphatic carboxylic acids is 1. The summed E-state index contributed by atoms with van der Waals surface area (Å²) in [5.41, 5.74) is 0.170. The molecule has 0 spiro atoms. The van der Waals surface area contributed by atoms with Gasteiger partial charge in [0.2, 0.25) is 0 Å². The maximum absolute atomic E-state index is 12.8. The highest BCUT2D eigenvalue weighted by molar-refractivity contribution is 6.05. The van der Waals surface area contributed by atoms with Gasteiger partial charge in [0.05, 0.1) is 12.2 Å². The first-order valence-corrected chi connectivity index (χ1v) is 8.78. The van der Waals surface area contributed by atoms with Crippen LogP contribution in [0, 0.1) is 5.41 Å². The van der Waals surface area contributed by atoms with Crippen molar-refractivity contribution in [1.82, 2.24) is 9.88 Å². The van der Waals surface area contributed by atoms with E-state index < -0.39 is 11.4 Å². The number of hydrogen-bond acceptors (Lipinski definition) is 5. The number of pyridine rings is 1. The average Bonchev–Trinajstić information content (AvgIpc) is 3.14. The van der Waals surface area contributed by atoms with Gasteiger partial charge in [-0.25, -0.2) is 0 Å². The minimum atomic E-state index is -1.09. The van der Waals surface area contributed by atoms with Crippen molar-refractivity contribution >= 4 is 23.5 Å². The zero-order valence-electron chi connectivity index (χ0n) is 15.4. The predicted molar refractivity (Wildman–Crippen MR) is 101 cm³/mol. The number of carbonyl (C=O) groups is 3. The average molecular weight is 383 g/mol. The van der Waals surface area contributed by atoms with Crippen molar-refractivity contribution in [1.29, 1.82) is 0 Å². The molecule has 0 radical (unpaired) electrons. The first kappa shape index (κ1) is 19.5. The van der Waals surface area contributed by atoms with Crippen molar-refractivity contribution in [3.8, 4) is 0 Å². The highest BCUT2D eigenvalue weighted by Gasteiger charge is 2.46. The van der Waals surface area contributed by atoms with E-state index in [-0.39, 0.29) is 25.0 Å². The van der Waals surface area contributed by atoms with Gasteiger partial charge in [-0.3, -0.25) is 19.4 Å². The zero-order chi connectivity index (χ0) is 20.1. The van der Waals surface area contributed by atoms with Crippen LogP contribution in [0.25, 0.3) is 0 Å². The van der Waals surface area contributed by atoms with Gasteiger partial charge < -0.3 is 20.1 Å². The number of carboxylic acids is 1. The van der Waals surface area contributed by atoms with E-state index in [2.05, 4.69) is 10.3 Å². The van der Waals surface area contributed by atoms with E-state index in [1.807, 2.05) is 0 Å². The first-order valence-electron chi connectivity index (χ1n) is 8.78. The Balaban J connectivity index is 1.72. The SMILES string of the molecule is COCC1(C(=O)O)CCN(C(=O)c2cccc(NC(=O)c3cccnc3)c2)C1. The molecule has 8 heteroatoms. The number of ether oxygens (including phenoxy) is 1. The molecular formula is C20H21N3O5. The van der Waals surface area contributed by atoms with Gasteiger partial charge in [-0.2, -0.15) is 0 Å². The Morgan fingerprint density at radius 3 is 2.71 bits per heavy atom. The molecule has 1 aliphatic rings. The van der Waals surface area contributed by atoms with Crippen LogP contribution in [-0.4, -0.2) is 59.6 Å². The number of carboxylic acid groups (broad SMARTS) is 1. The van der Waals surface area contributed by atoms with E-state index in [4.69, 9.17) is 4.74 Å². The topological polar surface area (TPSA) is 109 Å². The Hall–Kier alpha value is -3.26.